The third-order valence-corrected chi connectivity index (χ3v) is 2.47. The molecule has 0 aromatic rings. The first-order chi connectivity index (χ1) is 7.79. The molecular weight excluding hydrogens is 222 g/mol. The van der Waals surface area contributed by atoms with Crippen LogP contribution >= 0.6 is 0 Å². The Labute approximate surface area is 103 Å². The topological polar surface area (TPSA) is 59.0 Å². The fourth-order valence-electron chi connectivity index (χ4n) is 1.80. The molecule has 0 spiro atoms. The predicted molar refractivity (Wildman–Crippen MR) is 63.8 cm³/mol. The molecule has 1 aliphatic rings. The van der Waals surface area contributed by atoms with E-state index in [-0.39, 0.29) is 12.1 Å². The summed E-state index contributed by atoms with van der Waals surface area (Å²) in [5.74, 6) is 0. The van der Waals surface area contributed by atoms with Gasteiger partial charge in [0.15, 0.2) is 0 Å². The normalized spacial score (nSPS) is 23.4. The molecular formula is C12H23NO4. The summed E-state index contributed by atoms with van der Waals surface area (Å²) >= 11 is 0. The van der Waals surface area contributed by atoms with Gasteiger partial charge in [0.2, 0.25) is 0 Å². The van der Waals surface area contributed by atoms with Crippen LogP contribution in [0, 0.1) is 0 Å². The van der Waals surface area contributed by atoms with Crippen LogP contribution in [0.4, 0.5) is 4.79 Å². The third kappa shape index (κ3) is 4.91. The highest BCUT2D eigenvalue weighted by Gasteiger charge is 2.31. The van der Waals surface area contributed by atoms with Crippen LogP contribution in [0.3, 0.4) is 0 Å². The van der Waals surface area contributed by atoms with Gasteiger partial charge in [0, 0.05) is 6.54 Å². The van der Waals surface area contributed by atoms with Crippen molar-refractivity contribution in [2.24, 2.45) is 0 Å². The summed E-state index contributed by atoms with van der Waals surface area (Å²) in [6.07, 6.45) is -0.266. The zero-order valence-corrected chi connectivity index (χ0v) is 11.1. The molecule has 1 saturated heterocycles. The van der Waals surface area contributed by atoms with Gasteiger partial charge in [0.05, 0.1) is 25.4 Å². The van der Waals surface area contributed by atoms with Crippen LogP contribution in [0.2, 0.25) is 0 Å². The molecule has 1 heterocycles. The molecule has 0 saturated carbocycles. The first-order valence-electron chi connectivity index (χ1n) is 6.05. The van der Waals surface area contributed by atoms with Crippen molar-refractivity contribution >= 4 is 6.09 Å². The third-order valence-electron chi connectivity index (χ3n) is 2.47. The number of carbonyl (C=O) groups excluding carboxylic acids is 1. The Morgan fingerprint density at radius 3 is 2.76 bits per heavy atom. The number of amides is 1. The zero-order chi connectivity index (χ0) is 13.1. The fourth-order valence-corrected chi connectivity index (χ4v) is 1.80. The molecule has 1 amide bonds. The Kier molecular flexibility index (Phi) is 4.77. The van der Waals surface area contributed by atoms with Gasteiger partial charge in [-0.2, -0.15) is 0 Å². The van der Waals surface area contributed by atoms with Gasteiger partial charge in [-0.05, 0) is 34.1 Å². The summed E-state index contributed by atoms with van der Waals surface area (Å²) in [7, 11) is 0. The molecule has 17 heavy (non-hydrogen) atoms. The van der Waals surface area contributed by atoms with E-state index in [1.165, 1.54) is 0 Å². The summed E-state index contributed by atoms with van der Waals surface area (Å²) < 4.78 is 10.7. The molecule has 5 nitrogen and oxygen atoms in total. The van der Waals surface area contributed by atoms with E-state index in [0.29, 0.717) is 26.2 Å². The molecule has 0 aliphatic carbocycles. The minimum atomic E-state index is -0.495. The van der Waals surface area contributed by atoms with Gasteiger partial charge in [-0.1, -0.05) is 0 Å². The zero-order valence-electron chi connectivity index (χ0n) is 11.1. The maximum absolute atomic E-state index is 12.0. The second-order valence-corrected chi connectivity index (χ2v) is 5.49. The van der Waals surface area contributed by atoms with Crippen LogP contribution in [0.1, 0.15) is 34.1 Å². The van der Waals surface area contributed by atoms with E-state index in [1.54, 1.807) is 11.8 Å². The molecule has 2 atom stereocenters. The van der Waals surface area contributed by atoms with Crippen molar-refractivity contribution in [2.45, 2.75) is 51.9 Å². The molecule has 2 unspecified atom stereocenters. The maximum atomic E-state index is 12.0. The smallest absolute Gasteiger partial charge is 0.410 e. The van der Waals surface area contributed by atoms with Crippen molar-refractivity contribution in [1.29, 1.82) is 0 Å². The first-order valence-corrected chi connectivity index (χ1v) is 6.05. The quantitative estimate of drug-likeness (QED) is 0.798. The first kappa shape index (κ1) is 14.3. The highest BCUT2D eigenvalue weighted by atomic mass is 16.6. The molecule has 0 aromatic heterocycles. The summed E-state index contributed by atoms with van der Waals surface area (Å²) in [4.78, 5) is 13.6. The Morgan fingerprint density at radius 2 is 2.24 bits per heavy atom. The molecule has 1 fully saturated rings. The van der Waals surface area contributed by atoms with E-state index in [0.717, 1.165) is 0 Å². The Hall–Kier alpha value is -0.810. The number of morpholine rings is 1. The van der Waals surface area contributed by atoms with Gasteiger partial charge in [0.25, 0.3) is 0 Å². The Balaban J connectivity index is 2.61. The minimum Gasteiger partial charge on any atom is -0.444 e. The molecule has 1 N–H and O–H groups in total. The van der Waals surface area contributed by atoms with E-state index in [4.69, 9.17) is 9.47 Å². The molecule has 0 radical (unpaired) electrons. The van der Waals surface area contributed by atoms with Crippen molar-refractivity contribution in [3.8, 4) is 0 Å². The Morgan fingerprint density at radius 1 is 1.59 bits per heavy atom. The molecule has 5 heteroatoms. The monoisotopic (exact) mass is 245 g/mol. The second-order valence-electron chi connectivity index (χ2n) is 5.49. The number of hydrogen-bond donors (Lipinski definition) is 1. The number of ether oxygens (including phenoxy) is 2. The van der Waals surface area contributed by atoms with E-state index in [1.807, 2.05) is 20.8 Å². The van der Waals surface area contributed by atoms with Gasteiger partial charge in [-0.25, -0.2) is 4.79 Å². The lowest BCUT2D eigenvalue weighted by molar-refractivity contribution is -0.0415. The van der Waals surface area contributed by atoms with Crippen molar-refractivity contribution < 1.29 is 19.4 Å². The number of nitrogens with zero attached hydrogens (tertiary/aromatic N) is 1. The lowest BCUT2D eigenvalue weighted by atomic mass is 10.1. The van der Waals surface area contributed by atoms with Crippen molar-refractivity contribution in [2.75, 3.05) is 19.8 Å². The average molecular weight is 245 g/mol. The molecule has 0 bridgehead atoms. The van der Waals surface area contributed by atoms with Gasteiger partial charge < -0.3 is 19.5 Å². The lowest BCUT2D eigenvalue weighted by Gasteiger charge is -2.37. The maximum Gasteiger partial charge on any atom is 0.410 e. The minimum absolute atomic E-state index is 0.0985. The summed E-state index contributed by atoms with van der Waals surface area (Å²) in [6, 6.07) is -0.0985. The largest absolute Gasteiger partial charge is 0.444 e. The van der Waals surface area contributed by atoms with E-state index in [9.17, 15) is 9.90 Å². The lowest BCUT2D eigenvalue weighted by Crippen LogP contribution is -2.51. The number of carbonyl (C=O) groups is 1. The van der Waals surface area contributed by atoms with E-state index >= 15 is 0 Å². The summed E-state index contributed by atoms with van der Waals surface area (Å²) in [6.45, 7) is 8.74. The van der Waals surface area contributed by atoms with Gasteiger partial charge in [-0.3, -0.25) is 0 Å². The highest BCUT2D eigenvalue weighted by Crippen LogP contribution is 2.17. The van der Waals surface area contributed by atoms with Gasteiger partial charge in [0.1, 0.15) is 5.60 Å². The fraction of sp³-hybridized carbons (Fsp3) is 0.917. The standard InChI is InChI=1S/C12H23NO4/c1-9(14)7-10-8-16-6-5-13(10)11(15)17-12(2,3)4/h9-10,14H,5-8H2,1-4H3. The predicted octanol–water partition coefficient (Wildman–Crippen LogP) is 1.39. The van der Waals surface area contributed by atoms with Crippen LogP contribution in [-0.2, 0) is 9.47 Å². The van der Waals surface area contributed by atoms with E-state index < -0.39 is 11.7 Å². The molecule has 100 valence electrons. The van der Waals surface area contributed by atoms with Crippen LogP contribution in [0.15, 0.2) is 0 Å². The van der Waals surface area contributed by atoms with Gasteiger partial charge in [-0.15, -0.1) is 0 Å². The van der Waals surface area contributed by atoms with Crippen LogP contribution < -0.4 is 0 Å². The van der Waals surface area contributed by atoms with Crippen molar-refractivity contribution in [1.82, 2.24) is 4.90 Å². The SMILES string of the molecule is CC(O)CC1COCCN1C(=O)OC(C)(C)C. The van der Waals surface area contributed by atoms with Crippen LogP contribution in [0.5, 0.6) is 0 Å². The van der Waals surface area contributed by atoms with Crippen molar-refractivity contribution in [3.05, 3.63) is 0 Å². The number of hydrogen-bond acceptors (Lipinski definition) is 4. The summed E-state index contributed by atoms with van der Waals surface area (Å²) in [5, 5.41) is 9.40. The summed E-state index contributed by atoms with van der Waals surface area (Å²) in [5.41, 5.74) is -0.495. The second kappa shape index (κ2) is 5.69. The van der Waals surface area contributed by atoms with Crippen LogP contribution in [-0.4, -0.2) is 53.6 Å². The molecule has 1 rings (SSSR count). The van der Waals surface area contributed by atoms with Crippen LogP contribution in [0.25, 0.3) is 0 Å². The van der Waals surface area contributed by atoms with Crippen molar-refractivity contribution in [3.63, 3.8) is 0 Å². The number of aliphatic hydroxyl groups excluding tert-OH is 1. The number of rotatable bonds is 2. The molecule has 0 aromatic carbocycles. The van der Waals surface area contributed by atoms with E-state index in [2.05, 4.69) is 0 Å². The molecule has 1 aliphatic heterocycles. The highest BCUT2D eigenvalue weighted by molar-refractivity contribution is 5.68. The average Bonchev–Trinajstić information content (AvgIpc) is 2.14. The number of aliphatic hydroxyl groups is 1. The Bertz CT molecular complexity index is 260. The van der Waals surface area contributed by atoms with Gasteiger partial charge >= 0.3 is 6.09 Å².